The number of aromatic hydroxyl groups is 1. The normalized spacial score (nSPS) is 18.8. The zero-order chi connectivity index (χ0) is 25.0. The molecule has 1 spiro atoms. The first-order valence-corrected chi connectivity index (χ1v) is 13.0. The minimum absolute atomic E-state index is 0.140. The smallest absolute Gasteiger partial charge is 0.223 e. The highest BCUT2D eigenvalue weighted by molar-refractivity contribution is 5.82. The summed E-state index contributed by atoms with van der Waals surface area (Å²) in [6, 6.07) is 26.6. The molecule has 5 heteroatoms. The number of likely N-dealkylation sites (tertiary alicyclic amines) is 1. The van der Waals surface area contributed by atoms with Crippen molar-refractivity contribution in [3.8, 4) is 11.5 Å². The van der Waals surface area contributed by atoms with Gasteiger partial charge in [-0.15, -0.1) is 0 Å². The molecule has 0 bridgehead atoms. The summed E-state index contributed by atoms with van der Waals surface area (Å²) in [4.78, 5) is 15.4. The van der Waals surface area contributed by atoms with Crippen LogP contribution in [0.3, 0.4) is 0 Å². The molecule has 2 aliphatic rings. The molecular weight excluding hydrogens is 448 g/mol. The number of nitrogens with one attached hydrogen (secondary N) is 1. The van der Waals surface area contributed by atoms with E-state index in [0.717, 1.165) is 50.9 Å². The number of phenolic OH excluding ortho intramolecular Hbond substituents is 1. The predicted octanol–water partition coefficient (Wildman–Crippen LogP) is 5.34. The van der Waals surface area contributed by atoms with Crippen LogP contribution < -0.4 is 10.1 Å². The van der Waals surface area contributed by atoms with Gasteiger partial charge in [0.25, 0.3) is 0 Å². The van der Waals surface area contributed by atoms with Crippen LogP contribution in [0, 0.1) is 11.3 Å². The van der Waals surface area contributed by atoms with Gasteiger partial charge in [-0.05, 0) is 61.4 Å². The Bertz CT molecular complexity index is 1120. The molecule has 1 saturated carbocycles. The number of ether oxygens (including phenoxy) is 1. The van der Waals surface area contributed by atoms with Crippen molar-refractivity contribution in [2.24, 2.45) is 11.3 Å². The molecular formula is C31H36N2O3. The second-order valence-corrected chi connectivity index (χ2v) is 10.3. The summed E-state index contributed by atoms with van der Waals surface area (Å²) in [6.07, 6.45) is 3.97. The van der Waals surface area contributed by atoms with Crippen LogP contribution in [0.25, 0.3) is 0 Å². The van der Waals surface area contributed by atoms with Crippen LogP contribution >= 0.6 is 0 Å². The van der Waals surface area contributed by atoms with Crippen molar-refractivity contribution in [3.05, 3.63) is 95.6 Å². The fraction of sp³-hybridized carbons (Fsp3) is 0.387. The SMILES string of the molecule is COc1ccc(CN2CCC3(CC2)CC3C(=O)NCCC(c2ccccc2)c2ccccc2)c(O)c1. The quantitative estimate of drug-likeness (QED) is 0.430. The topological polar surface area (TPSA) is 61.8 Å². The molecule has 36 heavy (non-hydrogen) atoms. The molecule has 3 aromatic rings. The zero-order valence-corrected chi connectivity index (χ0v) is 21.0. The van der Waals surface area contributed by atoms with E-state index in [4.69, 9.17) is 4.74 Å². The number of carbonyl (C=O) groups is 1. The standard InChI is InChI=1S/C31H36N2O3/c1-36-26-13-12-25(29(34)20-26)22-33-18-15-31(16-19-33)21-28(31)30(35)32-17-14-27(23-8-4-2-5-9-23)24-10-6-3-7-11-24/h2-13,20,27-28,34H,14-19,21-22H2,1H3,(H,32,35). The number of carbonyl (C=O) groups excluding carboxylic acids is 1. The molecule has 1 unspecified atom stereocenters. The minimum atomic E-state index is 0.140. The van der Waals surface area contributed by atoms with Crippen LogP contribution in [0.2, 0.25) is 0 Å². The van der Waals surface area contributed by atoms with Gasteiger partial charge < -0.3 is 15.2 Å². The van der Waals surface area contributed by atoms with Gasteiger partial charge in [0.1, 0.15) is 11.5 Å². The summed E-state index contributed by atoms with van der Waals surface area (Å²) in [5, 5.41) is 13.5. The number of methoxy groups -OCH3 is 1. The average molecular weight is 485 g/mol. The number of rotatable bonds is 9. The third-order valence-electron chi connectivity index (χ3n) is 8.18. The first-order chi connectivity index (χ1) is 17.6. The van der Waals surface area contributed by atoms with Gasteiger partial charge in [0.05, 0.1) is 7.11 Å². The number of phenols is 1. The molecule has 5 rings (SSSR count). The van der Waals surface area contributed by atoms with Gasteiger partial charge in [0.15, 0.2) is 0 Å². The number of piperidine rings is 1. The Labute approximate surface area is 214 Å². The molecule has 1 heterocycles. The maximum Gasteiger partial charge on any atom is 0.223 e. The largest absolute Gasteiger partial charge is 0.507 e. The molecule has 0 radical (unpaired) electrons. The second-order valence-electron chi connectivity index (χ2n) is 10.3. The second kappa shape index (κ2) is 10.8. The summed E-state index contributed by atoms with van der Waals surface area (Å²) >= 11 is 0. The van der Waals surface area contributed by atoms with Crippen LogP contribution in [0.1, 0.15) is 48.3 Å². The van der Waals surface area contributed by atoms with Gasteiger partial charge in [-0.2, -0.15) is 0 Å². The van der Waals surface area contributed by atoms with E-state index in [1.807, 2.05) is 24.3 Å². The lowest BCUT2D eigenvalue weighted by molar-refractivity contribution is -0.123. The highest BCUT2D eigenvalue weighted by Gasteiger charge is 2.58. The van der Waals surface area contributed by atoms with Crippen LogP contribution in [0.15, 0.2) is 78.9 Å². The van der Waals surface area contributed by atoms with Crippen molar-refractivity contribution >= 4 is 5.91 Å². The fourth-order valence-corrected chi connectivity index (χ4v) is 5.83. The number of hydrogen-bond donors (Lipinski definition) is 2. The van der Waals surface area contributed by atoms with Crippen LogP contribution in [-0.4, -0.2) is 42.7 Å². The fourth-order valence-electron chi connectivity index (χ4n) is 5.83. The third kappa shape index (κ3) is 5.41. The molecule has 188 valence electrons. The van der Waals surface area contributed by atoms with Gasteiger partial charge in [-0.3, -0.25) is 9.69 Å². The van der Waals surface area contributed by atoms with Gasteiger partial charge in [0.2, 0.25) is 5.91 Å². The lowest BCUT2D eigenvalue weighted by Gasteiger charge is -2.33. The van der Waals surface area contributed by atoms with Gasteiger partial charge in [-0.1, -0.05) is 66.7 Å². The Morgan fingerprint density at radius 3 is 2.25 bits per heavy atom. The van der Waals surface area contributed by atoms with Crippen molar-refractivity contribution in [3.63, 3.8) is 0 Å². The average Bonchev–Trinajstić information content (AvgIpc) is 3.63. The Hall–Kier alpha value is -3.31. The van der Waals surface area contributed by atoms with E-state index in [2.05, 4.69) is 58.7 Å². The maximum absolute atomic E-state index is 13.0. The lowest BCUT2D eigenvalue weighted by Crippen LogP contribution is -2.37. The molecule has 1 aliphatic heterocycles. The number of nitrogens with zero attached hydrogens (tertiary/aromatic N) is 1. The van der Waals surface area contributed by atoms with Crippen molar-refractivity contribution < 1.29 is 14.6 Å². The summed E-state index contributed by atoms with van der Waals surface area (Å²) in [5.74, 6) is 1.58. The summed E-state index contributed by atoms with van der Waals surface area (Å²) in [6.45, 7) is 3.32. The Kier molecular flexibility index (Phi) is 7.28. The number of hydrogen-bond acceptors (Lipinski definition) is 4. The molecule has 1 amide bonds. The lowest BCUT2D eigenvalue weighted by atomic mass is 9.88. The van der Waals surface area contributed by atoms with Crippen molar-refractivity contribution in [2.75, 3.05) is 26.7 Å². The maximum atomic E-state index is 13.0. The van der Waals surface area contributed by atoms with Crippen molar-refractivity contribution in [2.45, 2.75) is 38.1 Å². The van der Waals surface area contributed by atoms with E-state index >= 15 is 0 Å². The van der Waals surface area contributed by atoms with E-state index in [1.165, 1.54) is 11.1 Å². The minimum Gasteiger partial charge on any atom is -0.507 e. The van der Waals surface area contributed by atoms with Crippen molar-refractivity contribution in [1.82, 2.24) is 10.2 Å². The van der Waals surface area contributed by atoms with Crippen LogP contribution in [0.4, 0.5) is 0 Å². The zero-order valence-electron chi connectivity index (χ0n) is 21.0. The van der Waals surface area contributed by atoms with E-state index in [-0.39, 0.29) is 28.9 Å². The molecule has 3 aromatic carbocycles. The molecule has 1 saturated heterocycles. The first kappa shape index (κ1) is 24.4. The molecule has 1 atom stereocenters. The Morgan fingerprint density at radius 1 is 1.03 bits per heavy atom. The van der Waals surface area contributed by atoms with E-state index in [1.54, 1.807) is 13.2 Å². The first-order valence-electron chi connectivity index (χ1n) is 13.0. The molecule has 2 fully saturated rings. The van der Waals surface area contributed by atoms with E-state index in [9.17, 15) is 9.90 Å². The van der Waals surface area contributed by atoms with Gasteiger partial charge in [-0.25, -0.2) is 0 Å². The molecule has 1 aliphatic carbocycles. The van der Waals surface area contributed by atoms with E-state index in [0.29, 0.717) is 12.3 Å². The van der Waals surface area contributed by atoms with Crippen molar-refractivity contribution in [1.29, 1.82) is 0 Å². The summed E-state index contributed by atoms with van der Waals surface area (Å²) in [7, 11) is 1.60. The molecule has 2 N–H and O–H groups in total. The Morgan fingerprint density at radius 2 is 1.67 bits per heavy atom. The predicted molar refractivity (Wildman–Crippen MR) is 142 cm³/mol. The summed E-state index contributed by atoms with van der Waals surface area (Å²) < 4.78 is 5.18. The van der Waals surface area contributed by atoms with Crippen LogP contribution in [0.5, 0.6) is 11.5 Å². The Balaban J connectivity index is 1.11. The highest BCUT2D eigenvalue weighted by Crippen LogP contribution is 2.59. The van der Waals surface area contributed by atoms with Gasteiger partial charge >= 0.3 is 0 Å². The third-order valence-corrected chi connectivity index (χ3v) is 8.18. The van der Waals surface area contributed by atoms with Crippen LogP contribution in [-0.2, 0) is 11.3 Å². The molecule has 5 nitrogen and oxygen atoms in total. The molecule has 0 aromatic heterocycles. The highest BCUT2D eigenvalue weighted by atomic mass is 16.5. The monoisotopic (exact) mass is 484 g/mol. The van der Waals surface area contributed by atoms with Gasteiger partial charge in [0, 0.05) is 36.6 Å². The number of benzene rings is 3. The number of amides is 1. The van der Waals surface area contributed by atoms with E-state index < -0.39 is 0 Å². The summed E-state index contributed by atoms with van der Waals surface area (Å²) in [5.41, 5.74) is 3.66.